The van der Waals surface area contributed by atoms with Gasteiger partial charge in [0.05, 0.1) is 6.61 Å². The number of Topliss-reactive ketones (excluding diaryl/α,β-unsaturated/α-hetero) is 1. The highest BCUT2D eigenvalue weighted by atomic mass is 16.6. The molecule has 1 atom stereocenters. The molecule has 0 aliphatic carbocycles. The van der Waals surface area contributed by atoms with E-state index < -0.39 is 0 Å². The highest BCUT2D eigenvalue weighted by Gasteiger charge is 2.30. The molecule has 1 aliphatic rings. The first-order valence-corrected chi connectivity index (χ1v) is 5.93. The topological polar surface area (TPSA) is 46.6 Å². The number of rotatable bonds is 4. The zero-order valence-electron chi connectivity index (χ0n) is 10.4. The first-order chi connectivity index (χ1) is 7.50. The highest BCUT2D eigenvalue weighted by molar-refractivity contribution is 5.77. The van der Waals surface area contributed by atoms with Crippen molar-refractivity contribution in [2.75, 3.05) is 13.2 Å². The largest absolute Gasteiger partial charge is 0.449 e. The number of ketones is 1. The predicted molar refractivity (Wildman–Crippen MR) is 61.2 cm³/mol. The standard InChI is InChI=1S/C12H21NO3/c1-9(2)8-16-12(15)13-6-4-5-11(13)7-10(3)14/h9,11H,4-8H2,1-3H3. The van der Waals surface area contributed by atoms with Gasteiger partial charge in [-0.05, 0) is 25.7 Å². The number of hydrogen-bond donors (Lipinski definition) is 0. The number of carbonyl (C=O) groups is 2. The van der Waals surface area contributed by atoms with Crippen LogP contribution in [0, 0.1) is 5.92 Å². The maximum Gasteiger partial charge on any atom is 0.410 e. The van der Waals surface area contributed by atoms with E-state index >= 15 is 0 Å². The lowest BCUT2D eigenvalue weighted by Crippen LogP contribution is -2.37. The van der Waals surface area contributed by atoms with Crippen molar-refractivity contribution >= 4 is 11.9 Å². The second-order valence-electron chi connectivity index (χ2n) is 4.87. The summed E-state index contributed by atoms with van der Waals surface area (Å²) in [5.41, 5.74) is 0. The van der Waals surface area contributed by atoms with Crippen LogP contribution in [-0.4, -0.2) is 36.0 Å². The fourth-order valence-electron chi connectivity index (χ4n) is 1.94. The van der Waals surface area contributed by atoms with Gasteiger partial charge in [0, 0.05) is 19.0 Å². The SMILES string of the molecule is CC(=O)CC1CCCN1C(=O)OCC(C)C. The minimum atomic E-state index is -0.266. The summed E-state index contributed by atoms with van der Waals surface area (Å²) in [6.07, 6.45) is 2.07. The second kappa shape index (κ2) is 5.87. The lowest BCUT2D eigenvalue weighted by molar-refractivity contribution is -0.117. The first kappa shape index (κ1) is 13.0. The lowest BCUT2D eigenvalue weighted by Gasteiger charge is -2.23. The summed E-state index contributed by atoms with van der Waals surface area (Å²) in [7, 11) is 0. The third-order valence-corrected chi connectivity index (χ3v) is 2.67. The molecule has 1 unspecified atom stereocenters. The van der Waals surface area contributed by atoms with Crippen LogP contribution in [0.3, 0.4) is 0 Å². The van der Waals surface area contributed by atoms with Crippen molar-refractivity contribution < 1.29 is 14.3 Å². The summed E-state index contributed by atoms with van der Waals surface area (Å²) in [5, 5.41) is 0. The summed E-state index contributed by atoms with van der Waals surface area (Å²) < 4.78 is 5.17. The van der Waals surface area contributed by atoms with Gasteiger partial charge in [0.1, 0.15) is 5.78 Å². The smallest absolute Gasteiger partial charge is 0.410 e. The van der Waals surface area contributed by atoms with E-state index in [-0.39, 0.29) is 17.9 Å². The molecule has 0 aromatic rings. The Morgan fingerprint density at radius 1 is 1.44 bits per heavy atom. The maximum atomic E-state index is 11.7. The first-order valence-electron chi connectivity index (χ1n) is 5.93. The zero-order chi connectivity index (χ0) is 12.1. The van der Waals surface area contributed by atoms with Crippen molar-refractivity contribution in [3.8, 4) is 0 Å². The molecule has 92 valence electrons. The molecule has 1 fully saturated rings. The van der Waals surface area contributed by atoms with Crippen molar-refractivity contribution in [1.82, 2.24) is 4.90 Å². The molecule has 1 aliphatic heterocycles. The molecule has 0 aromatic heterocycles. The minimum Gasteiger partial charge on any atom is -0.449 e. The minimum absolute atomic E-state index is 0.0529. The van der Waals surface area contributed by atoms with Gasteiger partial charge in [0.15, 0.2) is 0 Å². The molecule has 0 aromatic carbocycles. The van der Waals surface area contributed by atoms with Crippen LogP contribution in [-0.2, 0) is 9.53 Å². The lowest BCUT2D eigenvalue weighted by atomic mass is 10.1. The summed E-state index contributed by atoms with van der Waals surface area (Å²) in [4.78, 5) is 24.5. The fourth-order valence-corrected chi connectivity index (χ4v) is 1.94. The molecule has 0 radical (unpaired) electrons. The number of ether oxygens (including phenoxy) is 1. The second-order valence-corrected chi connectivity index (χ2v) is 4.87. The van der Waals surface area contributed by atoms with E-state index in [0.29, 0.717) is 18.9 Å². The molecule has 1 saturated heterocycles. The van der Waals surface area contributed by atoms with Crippen LogP contribution in [0.1, 0.15) is 40.0 Å². The fraction of sp³-hybridized carbons (Fsp3) is 0.833. The van der Waals surface area contributed by atoms with Crippen molar-refractivity contribution in [1.29, 1.82) is 0 Å². The molecule has 0 N–H and O–H groups in total. The summed E-state index contributed by atoms with van der Waals surface area (Å²) in [6, 6.07) is 0.0529. The number of amides is 1. The summed E-state index contributed by atoms with van der Waals surface area (Å²) in [6.45, 7) is 6.74. The van der Waals surface area contributed by atoms with Crippen LogP contribution >= 0.6 is 0 Å². The van der Waals surface area contributed by atoms with Gasteiger partial charge in [0.25, 0.3) is 0 Å². The molecular formula is C12H21NO3. The third kappa shape index (κ3) is 3.83. The molecule has 4 heteroatoms. The Kier molecular flexibility index (Phi) is 4.77. The van der Waals surface area contributed by atoms with Gasteiger partial charge in [-0.2, -0.15) is 0 Å². The van der Waals surface area contributed by atoms with E-state index in [4.69, 9.17) is 4.74 Å². The van der Waals surface area contributed by atoms with Crippen molar-refractivity contribution in [3.05, 3.63) is 0 Å². The highest BCUT2D eigenvalue weighted by Crippen LogP contribution is 2.21. The van der Waals surface area contributed by atoms with Gasteiger partial charge in [-0.15, -0.1) is 0 Å². The van der Waals surface area contributed by atoms with E-state index in [1.54, 1.807) is 11.8 Å². The van der Waals surface area contributed by atoms with Gasteiger partial charge in [-0.25, -0.2) is 4.79 Å². The monoisotopic (exact) mass is 227 g/mol. The van der Waals surface area contributed by atoms with E-state index in [1.165, 1.54) is 0 Å². The van der Waals surface area contributed by atoms with Crippen molar-refractivity contribution in [2.45, 2.75) is 46.1 Å². The van der Waals surface area contributed by atoms with E-state index in [0.717, 1.165) is 19.4 Å². The van der Waals surface area contributed by atoms with Gasteiger partial charge in [0.2, 0.25) is 0 Å². The molecule has 1 amide bonds. The number of carbonyl (C=O) groups excluding carboxylic acids is 2. The quantitative estimate of drug-likeness (QED) is 0.739. The predicted octanol–water partition coefficient (Wildman–Crippen LogP) is 2.22. The number of hydrogen-bond acceptors (Lipinski definition) is 3. The van der Waals surface area contributed by atoms with E-state index in [2.05, 4.69) is 0 Å². The van der Waals surface area contributed by atoms with Gasteiger partial charge in [-0.3, -0.25) is 4.79 Å². The summed E-state index contributed by atoms with van der Waals surface area (Å²) >= 11 is 0. The van der Waals surface area contributed by atoms with Crippen LogP contribution in [0.15, 0.2) is 0 Å². The van der Waals surface area contributed by atoms with E-state index in [9.17, 15) is 9.59 Å². The van der Waals surface area contributed by atoms with Crippen LogP contribution < -0.4 is 0 Å². The summed E-state index contributed by atoms with van der Waals surface area (Å²) in [5.74, 6) is 0.478. The average Bonchev–Trinajstić information content (AvgIpc) is 2.61. The zero-order valence-corrected chi connectivity index (χ0v) is 10.4. The van der Waals surface area contributed by atoms with E-state index in [1.807, 2.05) is 13.8 Å². The Labute approximate surface area is 96.9 Å². The van der Waals surface area contributed by atoms with Gasteiger partial charge >= 0.3 is 6.09 Å². The Bertz CT molecular complexity index is 263. The molecule has 4 nitrogen and oxygen atoms in total. The normalized spacial score (nSPS) is 20.2. The molecule has 0 spiro atoms. The number of nitrogens with zero attached hydrogens (tertiary/aromatic N) is 1. The third-order valence-electron chi connectivity index (χ3n) is 2.67. The molecular weight excluding hydrogens is 206 g/mol. The van der Waals surface area contributed by atoms with Gasteiger partial charge < -0.3 is 9.64 Å². The molecule has 0 bridgehead atoms. The van der Waals surface area contributed by atoms with Crippen LogP contribution in [0.4, 0.5) is 4.79 Å². The van der Waals surface area contributed by atoms with Gasteiger partial charge in [-0.1, -0.05) is 13.8 Å². The van der Waals surface area contributed by atoms with Crippen LogP contribution in [0.25, 0.3) is 0 Å². The molecule has 1 heterocycles. The van der Waals surface area contributed by atoms with Crippen LogP contribution in [0.5, 0.6) is 0 Å². The molecule has 0 saturated carbocycles. The van der Waals surface area contributed by atoms with Crippen molar-refractivity contribution in [2.24, 2.45) is 5.92 Å². The Balaban J connectivity index is 2.44. The Morgan fingerprint density at radius 3 is 2.69 bits per heavy atom. The van der Waals surface area contributed by atoms with Crippen molar-refractivity contribution in [3.63, 3.8) is 0 Å². The Morgan fingerprint density at radius 2 is 2.12 bits per heavy atom. The maximum absolute atomic E-state index is 11.7. The number of likely N-dealkylation sites (tertiary alicyclic amines) is 1. The average molecular weight is 227 g/mol. The molecule has 1 rings (SSSR count). The molecule has 16 heavy (non-hydrogen) atoms. The van der Waals surface area contributed by atoms with Crippen LogP contribution in [0.2, 0.25) is 0 Å². The Hall–Kier alpha value is -1.06.